The molecule has 1 aromatic heterocycles. The van der Waals surface area contributed by atoms with Crippen LogP contribution in [0.4, 0.5) is 0 Å². The number of esters is 1. The Labute approximate surface area is 110 Å². The van der Waals surface area contributed by atoms with Crippen molar-refractivity contribution >= 4 is 43.3 Å². The summed E-state index contributed by atoms with van der Waals surface area (Å²) in [5.41, 5.74) is 0. The topological polar surface area (TPSA) is 46.5 Å². The molecule has 3 rings (SSSR count). The van der Waals surface area contributed by atoms with Crippen LogP contribution in [0.2, 0.25) is 0 Å². The van der Waals surface area contributed by atoms with Crippen LogP contribution in [0.5, 0.6) is 0 Å². The minimum Gasteiger partial charge on any atom is -0.434 e. The number of aliphatic hydroxyl groups excluding tert-OH is 1. The number of rotatable bonds is 1. The molecule has 2 heterocycles. The minimum absolute atomic E-state index is 0.320. The molecule has 0 amide bonds. The van der Waals surface area contributed by atoms with Gasteiger partial charge in [0.05, 0.1) is 5.92 Å². The second-order valence-electron chi connectivity index (χ2n) is 3.94. The maximum absolute atomic E-state index is 11.4. The quantitative estimate of drug-likeness (QED) is 0.650. The number of fused-ring (bicyclic) bond motifs is 1. The van der Waals surface area contributed by atoms with Gasteiger partial charge in [0.1, 0.15) is 4.83 Å². The summed E-state index contributed by atoms with van der Waals surface area (Å²) in [7, 11) is 0. The van der Waals surface area contributed by atoms with Crippen LogP contribution >= 0.6 is 27.3 Å². The third kappa shape index (κ3) is 1.78. The summed E-state index contributed by atoms with van der Waals surface area (Å²) in [6, 6.07) is 9.99. The Hall–Kier alpha value is -0.910. The lowest BCUT2D eigenvalue weighted by Gasteiger charge is -2.10. The van der Waals surface area contributed by atoms with E-state index in [0.717, 1.165) is 15.0 Å². The van der Waals surface area contributed by atoms with E-state index in [1.54, 1.807) is 11.3 Å². The van der Waals surface area contributed by atoms with Crippen molar-refractivity contribution in [2.45, 2.75) is 17.0 Å². The lowest BCUT2D eigenvalue weighted by atomic mass is 10.0. The first kappa shape index (κ1) is 11.2. The molecule has 88 valence electrons. The molecule has 1 aromatic carbocycles. The summed E-state index contributed by atoms with van der Waals surface area (Å²) in [5.74, 6) is -0.722. The Morgan fingerprint density at radius 3 is 2.76 bits per heavy atom. The number of alkyl halides is 1. The van der Waals surface area contributed by atoms with E-state index in [0.29, 0.717) is 0 Å². The van der Waals surface area contributed by atoms with Gasteiger partial charge in [0.25, 0.3) is 0 Å². The summed E-state index contributed by atoms with van der Waals surface area (Å²) in [5, 5.41) is 10.9. The number of halogens is 1. The van der Waals surface area contributed by atoms with Gasteiger partial charge < -0.3 is 9.84 Å². The Morgan fingerprint density at radius 2 is 2.12 bits per heavy atom. The summed E-state index contributed by atoms with van der Waals surface area (Å²) in [6.07, 6.45) is -1.06. The Balaban J connectivity index is 2.06. The number of hydrogen-bond donors (Lipinski definition) is 1. The highest BCUT2D eigenvalue weighted by molar-refractivity contribution is 9.10. The standard InChI is InChI=1S/C12H9BrO3S/c13-10-9(11(14)16-12(10)15)8-5-6-3-1-2-4-7(6)17-8/h1-5,9-11,14H/t9-,10-,11-/m0/s1. The highest BCUT2D eigenvalue weighted by Gasteiger charge is 2.44. The first-order valence-corrected chi connectivity index (χ1v) is 6.91. The first-order chi connectivity index (χ1) is 8.16. The van der Waals surface area contributed by atoms with E-state index in [1.165, 1.54) is 0 Å². The second kappa shape index (κ2) is 4.08. The van der Waals surface area contributed by atoms with Gasteiger partial charge in [0.15, 0.2) is 0 Å². The predicted molar refractivity (Wildman–Crippen MR) is 69.4 cm³/mol. The number of cyclic esters (lactones) is 1. The van der Waals surface area contributed by atoms with Crippen LogP contribution in [-0.4, -0.2) is 22.2 Å². The van der Waals surface area contributed by atoms with E-state index in [-0.39, 0.29) is 5.92 Å². The molecule has 3 nitrogen and oxygen atoms in total. The second-order valence-corrected chi connectivity index (χ2v) is 6.04. The molecule has 0 unspecified atom stereocenters. The summed E-state index contributed by atoms with van der Waals surface area (Å²) in [6.45, 7) is 0. The zero-order valence-corrected chi connectivity index (χ0v) is 11.1. The lowest BCUT2D eigenvalue weighted by Crippen LogP contribution is -2.17. The van der Waals surface area contributed by atoms with Gasteiger partial charge in [-0.25, -0.2) is 0 Å². The molecule has 5 heteroatoms. The summed E-state index contributed by atoms with van der Waals surface area (Å²) in [4.78, 5) is 11.9. The Kier molecular flexibility index (Phi) is 2.69. The van der Waals surface area contributed by atoms with Gasteiger partial charge >= 0.3 is 5.97 Å². The van der Waals surface area contributed by atoms with Crippen LogP contribution in [0.15, 0.2) is 30.3 Å². The maximum atomic E-state index is 11.4. The fourth-order valence-corrected chi connectivity index (χ4v) is 4.05. The largest absolute Gasteiger partial charge is 0.434 e. The molecule has 1 saturated heterocycles. The van der Waals surface area contributed by atoms with E-state index < -0.39 is 17.1 Å². The smallest absolute Gasteiger partial charge is 0.322 e. The maximum Gasteiger partial charge on any atom is 0.322 e. The summed E-state index contributed by atoms with van der Waals surface area (Å²) < 4.78 is 5.96. The zero-order valence-electron chi connectivity index (χ0n) is 8.67. The highest BCUT2D eigenvalue weighted by Crippen LogP contribution is 2.40. The number of aliphatic hydroxyl groups is 1. The predicted octanol–water partition coefficient (Wildman–Crippen LogP) is 2.62. The average Bonchev–Trinajstić information content (AvgIpc) is 2.81. The third-order valence-corrected chi connectivity index (χ3v) is 5.02. The molecule has 0 spiro atoms. The van der Waals surface area contributed by atoms with Crippen molar-refractivity contribution in [2.75, 3.05) is 0 Å². The number of ether oxygens (including phenoxy) is 1. The number of carbonyl (C=O) groups excluding carboxylic acids is 1. The summed E-state index contributed by atoms with van der Waals surface area (Å²) >= 11 is 4.86. The molecule has 17 heavy (non-hydrogen) atoms. The third-order valence-electron chi connectivity index (χ3n) is 2.86. The molecule has 3 atom stereocenters. The molecular weight excluding hydrogens is 304 g/mol. The number of carbonyl (C=O) groups is 1. The molecule has 2 aromatic rings. The molecule has 1 aliphatic rings. The van der Waals surface area contributed by atoms with Gasteiger partial charge in [0, 0.05) is 9.58 Å². The molecule has 0 bridgehead atoms. The molecule has 1 N–H and O–H groups in total. The van der Waals surface area contributed by atoms with Gasteiger partial charge in [-0.15, -0.1) is 11.3 Å². The highest BCUT2D eigenvalue weighted by atomic mass is 79.9. The van der Waals surface area contributed by atoms with E-state index in [1.807, 2.05) is 30.3 Å². The zero-order chi connectivity index (χ0) is 12.0. The monoisotopic (exact) mass is 312 g/mol. The van der Waals surface area contributed by atoms with Gasteiger partial charge in [-0.05, 0) is 17.5 Å². The van der Waals surface area contributed by atoms with E-state index in [4.69, 9.17) is 4.74 Å². The van der Waals surface area contributed by atoms with Crippen LogP contribution in [-0.2, 0) is 9.53 Å². The van der Waals surface area contributed by atoms with E-state index in [2.05, 4.69) is 15.9 Å². The van der Waals surface area contributed by atoms with E-state index >= 15 is 0 Å². The molecule has 0 saturated carbocycles. The van der Waals surface area contributed by atoms with Crippen molar-refractivity contribution in [1.29, 1.82) is 0 Å². The van der Waals surface area contributed by atoms with Crippen LogP contribution < -0.4 is 0 Å². The molecule has 1 aliphatic heterocycles. The normalized spacial score (nSPS) is 28.6. The van der Waals surface area contributed by atoms with Crippen molar-refractivity contribution in [3.8, 4) is 0 Å². The van der Waals surface area contributed by atoms with Crippen molar-refractivity contribution in [3.63, 3.8) is 0 Å². The van der Waals surface area contributed by atoms with Crippen LogP contribution in [0.3, 0.4) is 0 Å². The van der Waals surface area contributed by atoms with E-state index in [9.17, 15) is 9.90 Å². The Morgan fingerprint density at radius 1 is 1.35 bits per heavy atom. The number of thiophene rings is 1. The van der Waals surface area contributed by atoms with Crippen molar-refractivity contribution in [1.82, 2.24) is 0 Å². The fraction of sp³-hybridized carbons (Fsp3) is 0.250. The SMILES string of the molecule is O=C1O[C@H](O)[C@@H](c2cc3ccccc3s2)[C@@H]1Br. The number of hydrogen-bond acceptors (Lipinski definition) is 4. The van der Waals surface area contributed by atoms with Gasteiger partial charge in [-0.2, -0.15) is 0 Å². The van der Waals surface area contributed by atoms with Crippen molar-refractivity contribution in [3.05, 3.63) is 35.2 Å². The molecule has 1 fully saturated rings. The molecule has 0 aliphatic carbocycles. The van der Waals surface area contributed by atoms with Crippen molar-refractivity contribution < 1.29 is 14.6 Å². The molecule has 0 radical (unpaired) electrons. The first-order valence-electron chi connectivity index (χ1n) is 5.18. The van der Waals surface area contributed by atoms with Crippen LogP contribution in [0, 0.1) is 0 Å². The average molecular weight is 313 g/mol. The fourth-order valence-electron chi connectivity index (χ4n) is 2.00. The lowest BCUT2D eigenvalue weighted by molar-refractivity contribution is -0.154. The number of benzene rings is 1. The van der Waals surface area contributed by atoms with Crippen molar-refractivity contribution in [2.24, 2.45) is 0 Å². The van der Waals surface area contributed by atoms with Crippen LogP contribution in [0.1, 0.15) is 10.8 Å². The van der Waals surface area contributed by atoms with Gasteiger partial charge in [-0.1, -0.05) is 34.1 Å². The van der Waals surface area contributed by atoms with Gasteiger partial charge in [-0.3, -0.25) is 4.79 Å². The Bertz CT molecular complexity index is 547. The molecular formula is C12H9BrO3S. The van der Waals surface area contributed by atoms with Gasteiger partial charge in [0.2, 0.25) is 6.29 Å². The van der Waals surface area contributed by atoms with Crippen LogP contribution in [0.25, 0.3) is 10.1 Å². The minimum atomic E-state index is -1.06.